The molecule has 0 aromatic carbocycles. The predicted molar refractivity (Wildman–Crippen MR) is 62.6 cm³/mol. The van der Waals surface area contributed by atoms with Crippen LogP contribution in [0, 0.1) is 5.92 Å². The van der Waals surface area contributed by atoms with Gasteiger partial charge in [0.2, 0.25) is 5.95 Å². The second-order valence-electron chi connectivity index (χ2n) is 4.30. The summed E-state index contributed by atoms with van der Waals surface area (Å²) < 4.78 is 5.03. The van der Waals surface area contributed by atoms with Gasteiger partial charge in [0.05, 0.1) is 19.5 Å². The van der Waals surface area contributed by atoms with Crippen LogP contribution in [0.1, 0.15) is 13.3 Å². The SMILES string of the molecule is COc1cnc(N2CCC(N)C(C)C2)nc1. The normalized spacial score (nSPS) is 25.6. The Hall–Kier alpha value is -1.36. The Morgan fingerprint density at radius 1 is 1.44 bits per heavy atom. The van der Waals surface area contributed by atoms with Gasteiger partial charge in [-0.1, -0.05) is 6.92 Å². The standard InChI is InChI=1S/C11H18N4O/c1-8-7-15(4-3-10(8)12)11-13-5-9(16-2)6-14-11/h5-6,8,10H,3-4,7,12H2,1-2H3. The maximum absolute atomic E-state index is 5.98. The number of aromatic nitrogens is 2. The molecule has 0 aliphatic carbocycles. The van der Waals surface area contributed by atoms with E-state index < -0.39 is 0 Å². The first-order valence-electron chi connectivity index (χ1n) is 5.57. The number of piperidine rings is 1. The zero-order chi connectivity index (χ0) is 11.5. The Morgan fingerprint density at radius 2 is 2.12 bits per heavy atom. The molecule has 2 unspecified atom stereocenters. The summed E-state index contributed by atoms with van der Waals surface area (Å²) in [5, 5.41) is 0. The summed E-state index contributed by atoms with van der Waals surface area (Å²) in [6.07, 6.45) is 4.39. The first-order valence-corrected chi connectivity index (χ1v) is 5.57. The van der Waals surface area contributed by atoms with Gasteiger partial charge in [0.25, 0.3) is 0 Å². The molecule has 0 bridgehead atoms. The summed E-state index contributed by atoms with van der Waals surface area (Å²) in [5.74, 6) is 1.93. The van der Waals surface area contributed by atoms with Crippen molar-refractivity contribution in [2.75, 3.05) is 25.1 Å². The highest BCUT2D eigenvalue weighted by atomic mass is 16.5. The van der Waals surface area contributed by atoms with Crippen molar-refractivity contribution in [3.8, 4) is 5.75 Å². The van der Waals surface area contributed by atoms with Crippen LogP contribution in [0.2, 0.25) is 0 Å². The molecule has 5 nitrogen and oxygen atoms in total. The quantitative estimate of drug-likeness (QED) is 0.796. The van der Waals surface area contributed by atoms with Crippen LogP contribution < -0.4 is 15.4 Å². The monoisotopic (exact) mass is 222 g/mol. The van der Waals surface area contributed by atoms with E-state index in [1.54, 1.807) is 19.5 Å². The number of nitrogens with zero attached hydrogens (tertiary/aromatic N) is 3. The van der Waals surface area contributed by atoms with Crippen LogP contribution in [-0.4, -0.2) is 36.2 Å². The number of rotatable bonds is 2. The van der Waals surface area contributed by atoms with Crippen LogP contribution in [0.15, 0.2) is 12.4 Å². The fraction of sp³-hybridized carbons (Fsp3) is 0.636. The van der Waals surface area contributed by atoms with E-state index in [0.29, 0.717) is 17.7 Å². The maximum Gasteiger partial charge on any atom is 0.225 e. The molecule has 1 aromatic rings. The van der Waals surface area contributed by atoms with Crippen LogP contribution in [0.25, 0.3) is 0 Å². The van der Waals surface area contributed by atoms with Crippen molar-refractivity contribution < 1.29 is 4.74 Å². The van der Waals surface area contributed by atoms with Crippen molar-refractivity contribution in [2.24, 2.45) is 11.7 Å². The maximum atomic E-state index is 5.98. The van der Waals surface area contributed by atoms with Gasteiger partial charge in [-0.2, -0.15) is 0 Å². The number of hydrogen-bond donors (Lipinski definition) is 1. The van der Waals surface area contributed by atoms with Gasteiger partial charge < -0.3 is 15.4 Å². The third-order valence-electron chi connectivity index (χ3n) is 3.10. The average molecular weight is 222 g/mol. The highest BCUT2D eigenvalue weighted by Crippen LogP contribution is 2.19. The summed E-state index contributed by atoms with van der Waals surface area (Å²) in [6.45, 7) is 4.02. The van der Waals surface area contributed by atoms with Gasteiger partial charge in [-0.15, -0.1) is 0 Å². The molecule has 16 heavy (non-hydrogen) atoms. The molecule has 0 spiro atoms. The molecule has 2 rings (SSSR count). The van der Waals surface area contributed by atoms with E-state index in [1.165, 1.54) is 0 Å². The van der Waals surface area contributed by atoms with Crippen LogP contribution in [-0.2, 0) is 0 Å². The lowest BCUT2D eigenvalue weighted by Gasteiger charge is -2.34. The fourth-order valence-electron chi connectivity index (χ4n) is 1.92. The zero-order valence-corrected chi connectivity index (χ0v) is 9.76. The number of anilines is 1. The highest BCUT2D eigenvalue weighted by Gasteiger charge is 2.24. The van der Waals surface area contributed by atoms with E-state index >= 15 is 0 Å². The van der Waals surface area contributed by atoms with E-state index in [9.17, 15) is 0 Å². The molecule has 1 fully saturated rings. The molecule has 0 radical (unpaired) electrons. The smallest absolute Gasteiger partial charge is 0.225 e. The molecule has 2 atom stereocenters. The van der Waals surface area contributed by atoms with Crippen molar-refractivity contribution in [2.45, 2.75) is 19.4 Å². The Morgan fingerprint density at radius 3 is 2.69 bits per heavy atom. The molecule has 1 aromatic heterocycles. The third kappa shape index (κ3) is 2.24. The third-order valence-corrected chi connectivity index (χ3v) is 3.10. The zero-order valence-electron chi connectivity index (χ0n) is 9.76. The van der Waals surface area contributed by atoms with Gasteiger partial charge in [0.15, 0.2) is 5.75 Å². The van der Waals surface area contributed by atoms with Crippen molar-refractivity contribution in [3.05, 3.63) is 12.4 Å². The number of nitrogens with two attached hydrogens (primary N) is 1. The van der Waals surface area contributed by atoms with Crippen molar-refractivity contribution in [1.82, 2.24) is 9.97 Å². The van der Waals surface area contributed by atoms with E-state index in [4.69, 9.17) is 10.5 Å². The summed E-state index contributed by atoms with van der Waals surface area (Å²) in [4.78, 5) is 10.7. The number of methoxy groups -OCH3 is 1. The Bertz CT molecular complexity index is 340. The Balaban J connectivity index is 2.06. The lowest BCUT2D eigenvalue weighted by Crippen LogP contribution is -2.46. The molecule has 1 saturated heterocycles. The first-order chi connectivity index (χ1) is 7.70. The molecule has 1 aliphatic rings. The lowest BCUT2D eigenvalue weighted by atomic mass is 9.95. The van der Waals surface area contributed by atoms with Gasteiger partial charge in [-0.3, -0.25) is 0 Å². The van der Waals surface area contributed by atoms with Gasteiger partial charge in [-0.25, -0.2) is 9.97 Å². The minimum atomic E-state index is 0.300. The molecular weight excluding hydrogens is 204 g/mol. The van der Waals surface area contributed by atoms with E-state index in [1.807, 2.05) is 0 Å². The molecule has 88 valence electrons. The van der Waals surface area contributed by atoms with Crippen LogP contribution in [0.5, 0.6) is 5.75 Å². The van der Waals surface area contributed by atoms with E-state index in [-0.39, 0.29) is 0 Å². The predicted octanol–water partition coefficient (Wildman–Crippen LogP) is 0.659. The highest BCUT2D eigenvalue weighted by molar-refractivity contribution is 5.32. The molecule has 1 aliphatic heterocycles. The largest absolute Gasteiger partial charge is 0.494 e. The summed E-state index contributed by atoms with van der Waals surface area (Å²) in [7, 11) is 1.61. The Kier molecular flexibility index (Phi) is 3.24. The second-order valence-corrected chi connectivity index (χ2v) is 4.30. The summed E-state index contributed by atoms with van der Waals surface area (Å²) in [6, 6.07) is 0.300. The van der Waals surface area contributed by atoms with Crippen molar-refractivity contribution in [1.29, 1.82) is 0 Å². The minimum Gasteiger partial charge on any atom is -0.494 e. The summed E-state index contributed by atoms with van der Waals surface area (Å²) in [5.41, 5.74) is 5.98. The lowest BCUT2D eigenvalue weighted by molar-refractivity contribution is 0.378. The molecule has 2 heterocycles. The molecule has 0 saturated carbocycles. The summed E-state index contributed by atoms with van der Waals surface area (Å²) >= 11 is 0. The van der Waals surface area contributed by atoms with Gasteiger partial charge in [0, 0.05) is 19.1 Å². The van der Waals surface area contributed by atoms with E-state index in [2.05, 4.69) is 21.8 Å². The average Bonchev–Trinajstić information content (AvgIpc) is 2.33. The molecule has 2 N–H and O–H groups in total. The molecule has 5 heteroatoms. The van der Waals surface area contributed by atoms with Gasteiger partial charge in [0.1, 0.15) is 0 Å². The number of ether oxygens (including phenoxy) is 1. The van der Waals surface area contributed by atoms with Crippen molar-refractivity contribution >= 4 is 5.95 Å². The fourth-order valence-corrected chi connectivity index (χ4v) is 1.92. The molecular formula is C11H18N4O. The number of hydrogen-bond acceptors (Lipinski definition) is 5. The second kappa shape index (κ2) is 4.65. The van der Waals surface area contributed by atoms with Crippen LogP contribution in [0.3, 0.4) is 0 Å². The Labute approximate surface area is 95.6 Å². The minimum absolute atomic E-state index is 0.300. The van der Waals surface area contributed by atoms with Crippen LogP contribution >= 0.6 is 0 Å². The molecule has 0 amide bonds. The topological polar surface area (TPSA) is 64.3 Å². The van der Waals surface area contributed by atoms with Gasteiger partial charge >= 0.3 is 0 Å². The first kappa shape index (κ1) is 11.1. The van der Waals surface area contributed by atoms with Crippen molar-refractivity contribution in [3.63, 3.8) is 0 Å². The van der Waals surface area contributed by atoms with Crippen LogP contribution in [0.4, 0.5) is 5.95 Å². The van der Waals surface area contributed by atoms with E-state index in [0.717, 1.165) is 25.5 Å². The van der Waals surface area contributed by atoms with Gasteiger partial charge in [-0.05, 0) is 12.3 Å².